The number of aryl methyl sites for hydroxylation is 1. The Bertz CT molecular complexity index is 814. The first-order chi connectivity index (χ1) is 10.1. The molecule has 0 saturated heterocycles. The summed E-state index contributed by atoms with van der Waals surface area (Å²) in [7, 11) is 1.90. The molecule has 0 fully saturated rings. The molecular weight excluding hydrogens is 309 g/mol. The van der Waals surface area contributed by atoms with E-state index >= 15 is 0 Å². The van der Waals surface area contributed by atoms with Crippen LogP contribution in [-0.4, -0.2) is 9.78 Å². The molecule has 0 radical (unpaired) electrons. The van der Waals surface area contributed by atoms with Gasteiger partial charge in [-0.25, -0.2) is 0 Å². The lowest BCUT2D eigenvalue weighted by molar-refractivity contribution is 0.303. The molecule has 2 N–H and O–H groups in total. The van der Waals surface area contributed by atoms with Crippen molar-refractivity contribution < 1.29 is 4.74 Å². The second-order valence-corrected chi connectivity index (χ2v) is 5.49. The van der Waals surface area contributed by atoms with Crippen LogP contribution >= 0.6 is 23.2 Å². The Morgan fingerprint density at radius 2 is 1.90 bits per heavy atom. The van der Waals surface area contributed by atoms with Crippen LogP contribution in [0.2, 0.25) is 10.0 Å². The topological polar surface area (TPSA) is 53.1 Å². The SMILES string of the molecule is Cn1nc(COc2cc(Cl)c(Cl)cc2N)c2ccccc21. The number of hydrogen-bond acceptors (Lipinski definition) is 3. The normalized spacial score (nSPS) is 11.0. The quantitative estimate of drug-likeness (QED) is 0.740. The molecule has 0 aliphatic carbocycles. The van der Waals surface area contributed by atoms with Gasteiger partial charge in [-0.3, -0.25) is 4.68 Å². The molecule has 0 saturated carbocycles. The highest BCUT2D eigenvalue weighted by molar-refractivity contribution is 6.42. The van der Waals surface area contributed by atoms with E-state index in [4.69, 9.17) is 33.7 Å². The Morgan fingerprint density at radius 3 is 2.71 bits per heavy atom. The van der Waals surface area contributed by atoms with Crippen LogP contribution in [0.15, 0.2) is 36.4 Å². The van der Waals surface area contributed by atoms with Crippen LogP contribution in [-0.2, 0) is 13.7 Å². The van der Waals surface area contributed by atoms with Gasteiger partial charge >= 0.3 is 0 Å². The van der Waals surface area contributed by atoms with E-state index in [1.807, 2.05) is 36.0 Å². The Hall–Kier alpha value is -1.91. The van der Waals surface area contributed by atoms with Gasteiger partial charge in [-0.15, -0.1) is 0 Å². The van der Waals surface area contributed by atoms with Gasteiger partial charge in [-0.05, 0) is 12.1 Å². The van der Waals surface area contributed by atoms with Gasteiger partial charge in [-0.2, -0.15) is 5.10 Å². The third-order valence-electron chi connectivity index (χ3n) is 3.25. The first-order valence-electron chi connectivity index (χ1n) is 6.34. The number of para-hydroxylation sites is 1. The highest BCUT2D eigenvalue weighted by Crippen LogP contribution is 2.33. The van der Waals surface area contributed by atoms with Crippen LogP contribution in [0.5, 0.6) is 5.75 Å². The molecule has 0 amide bonds. The molecule has 3 aromatic rings. The van der Waals surface area contributed by atoms with Crippen LogP contribution < -0.4 is 10.5 Å². The molecule has 0 bridgehead atoms. The van der Waals surface area contributed by atoms with Crippen LogP contribution in [0.3, 0.4) is 0 Å². The number of benzene rings is 2. The van der Waals surface area contributed by atoms with Crippen molar-refractivity contribution in [3.05, 3.63) is 52.1 Å². The van der Waals surface area contributed by atoms with Crippen molar-refractivity contribution in [2.45, 2.75) is 6.61 Å². The van der Waals surface area contributed by atoms with Crippen molar-refractivity contribution in [2.24, 2.45) is 7.05 Å². The van der Waals surface area contributed by atoms with Crippen molar-refractivity contribution in [3.63, 3.8) is 0 Å². The number of nitrogens with zero attached hydrogens (tertiary/aromatic N) is 2. The number of nitrogen functional groups attached to an aromatic ring is 1. The van der Waals surface area contributed by atoms with Crippen molar-refractivity contribution in [1.82, 2.24) is 9.78 Å². The summed E-state index contributed by atoms with van der Waals surface area (Å²) in [5, 5.41) is 6.34. The summed E-state index contributed by atoms with van der Waals surface area (Å²) in [6, 6.07) is 11.2. The van der Waals surface area contributed by atoms with Gasteiger partial charge in [0.1, 0.15) is 18.1 Å². The summed E-state index contributed by atoms with van der Waals surface area (Å²) >= 11 is 11.9. The number of halogens is 2. The zero-order valence-electron chi connectivity index (χ0n) is 11.3. The van der Waals surface area contributed by atoms with E-state index in [1.165, 1.54) is 0 Å². The molecule has 2 aromatic carbocycles. The number of rotatable bonds is 3. The summed E-state index contributed by atoms with van der Waals surface area (Å²) in [5.74, 6) is 0.499. The Kier molecular flexibility index (Phi) is 3.66. The number of hydrogen-bond donors (Lipinski definition) is 1. The summed E-state index contributed by atoms with van der Waals surface area (Å²) in [6.45, 7) is 0.309. The summed E-state index contributed by atoms with van der Waals surface area (Å²) < 4.78 is 7.56. The average Bonchev–Trinajstić information content (AvgIpc) is 2.79. The lowest BCUT2D eigenvalue weighted by Gasteiger charge is -2.09. The minimum atomic E-state index is 0.309. The first kappa shape index (κ1) is 14.0. The van der Waals surface area contributed by atoms with Gasteiger partial charge in [0.2, 0.25) is 0 Å². The third kappa shape index (κ3) is 2.64. The monoisotopic (exact) mass is 321 g/mol. The standard InChI is InChI=1S/C15H13Cl2N3O/c1-20-14-5-3-2-4-9(14)13(19-20)8-21-15-7-11(17)10(16)6-12(15)18/h2-7H,8,18H2,1H3. The maximum absolute atomic E-state index is 5.98. The molecule has 0 spiro atoms. The van der Waals surface area contributed by atoms with E-state index in [1.54, 1.807) is 12.1 Å². The summed E-state index contributed by atoms with van der Waals surface area (Å²) in [6.07, 6.45) is 0. The molecule has 0 aliphatic heterocycles. The largest absolute Gasteiger partial charge is 0.485 e. The van der Waals surface area contributed by atoms with E-state index in [0.29, 0.717) is 28.1 Å². The van der Waals surface area contributed by atoms with Gasteiger partial charge in [0, 0.05) is 18.5 Å². The predicted molar refractivity (Wildman–Crippen MR) is 85.9 cm³/mol. The van der Waals surface area contributed by atoms with Crippen LogP contribution in [0.4, 0.5) is 5.69 Å². The predicted octanol–water partition coefficient (Wildman–Crippen LogP) is 4.04. The smallest absolute Gasteiger partial charge is 0.144 e. The molecule has 1 aromatic heterocycles. The zero-order chi connectivity index (χ0) is 15.0. The van der Waals surface area contributed by atoms with E-state index in [2.05, 4.69) is 5.10 Å². The second-order valence-electron chi connectivity index (χ2n) is 4.68. The summed E-state index contributed by atoms with van der Waals surface area (Å²) in [4.78, 5) is 0. The fourth-order valence-electron chi connectivity index (χ4n) is 2.21. The number of aromatic nitrogens is 2. The zero-order valence-corrected chi connectivity index (χ0v) is 12.8. The van der Waals surface area contributed by atoms with E-state index < -0.39 is 0 Å². The number of ether oxygens (including phenoxy) is 1. The highest BCUT2D eigenvalue weighted by atomic mass is 35.5. The van der Waals surface area contributed by atoms with Gasteiger partial charge in [0.05, 0.1) is 21.2 Å². The maximum atomic E-state index is 5.98. The Morgan fingerprint density at radius 1 is 1.19 bits per heavy atom. The van der Waals surface area contributed by atoms with Gasteiger partial charge in [0.15, 0.2) is 0 Å². The van der Waals surface area contributed by atoms with E-state index in [-0.39, 0.29) is 0 Å². The van der Waals surface area contributed by atoms with Crippen molar-refractivity contribution in [3.8, 4) is 5.75 Å². The van der Waals surface area contributed by atoms with Gasteiger partial charge < -0.3 is 10.5 Å². The first-order valence-corrected chi connectivity index (χ1v) is 7.10. The van der Waals surface area contributed by atoms with Crippen LogP contribution in [0, 0.1) is 0 Å². The van der Waals surface area contributed by atoms with Crippen molar-refractivity contribution in [1.29, 1.82) is 0 Å². The second kappa shape index (κ2) is 5.47. The average molecular weight is 322 g/mol. The van der Waals surface area contributed by atoms with Gasteiger partial charge in [-0.1, -0.05) is 41.4 Å². The summed E-state index contributed by atoms with van der Waals surface area (Å²) in [5.41, 5.74) is 8.23. The third-order valence-corrected chi connectivity index (χ3v) is 3.97. The molecule has 0 unspecified atom stereocenters. The fourth-order valence-corrected chi connectivity index (χ4v) is 2.54. The molecule has 21 heavy (non-hydrogen) atoms. The lowest BCUT2D eigenvalue weighted by Crippen LogP contribution is -2.01. The number of fused-ring (bicyclic) bond motifs is 1. The molecule has 0 aliphatic rings. The highest BCUT2D eigenvalue weighted by Gasteiger charge is 2.11. The molecule has 6 heteroatoms. The Balaban J connectivity index is 1.89. The Labute approximate surface area is 132 Å². The van der Waals surface area contributed by atoms with E-state index in [9.17, 15) is 0 Å². The van der Waals surface area contributed by atoms with Gasteiger partial charge in [0.25, 0.3) is 0 Å². The molecule has 1 heterocycles. The van der Waals surface area contributed by atoms with Crippen molar-refractivity contribution in [2.75, 3.05) is 5.73 Å². The molecule has 4 nitrogen and oxygen atoms in total. The number of anilines is 1. The molecule has 0 atom stereocenters. The molecular formula is C15H13Cl2N3O. The number of nitrogens with two attached hydrogens (primary N) is 1. The van der Waals surface area contributed by atoms with Crippen LogP contribution in [0.1, 0.15) is 5.69 Å². The van der Waals surface area contributed by atoms with E-state index in [0.717, 1.165) is 16.6 Å². The molecule has 108 valence electrons. The minimum absolute atomic E-state index is 0.309. The van der Waals surface area contributed by atoms with Crippen LogP contribution in [0.25, 0.3) is 10.9 Å². The minimum Gasteiger partial charge on any atom is -0.485 e. The fraction of sp³-hybridized carbons (Fsp3) is 0.133. The lowest BCUT2D eigenvalue weighted by atomic mass is 10.2. The molecule has 3 rings (SSSR count). The maximum Gasteiger partial charge on any atom is 0.144 e. The van der Waals surface area contributed by atoms with Crippen molar-refractivity contribution >= 4 is 39.8 Å².